The van der Waals surface area contributed by atoms with Crippen molar-refractivity contribution in [3.8, 4) is 6.07 Å². The van der Waals surface area contributed by atoms with Crippen LogP contribution >= 0.6 is 0 Å². The van der Waals surface area contributed by atoms with Crippen LogP contribution in [-0.2, 0) is 18.3 Å². The molecule has 0 spiro atoms. The van der Waals surface area contributed by atoms with Gasteiger partial charge in [0.25, 0.3) is 0 Å². The minimum absolute atomic E-state index is 0.0996. The predicted octanol–water partition coefficient (Wildman–Crippen LogP) is 3.76. The molecule has 16 heavy (non-hydrogen) atoms. The molecule has 1 aromatic rings. The largest absolute Gasteiger partial charge is 0.197 e. The van der Waals surface area contributed by atoms with Crippen molar-refractivity contribution in [2.45, 2.75) is 51.4 Å². The highest BCUT2D eigenvalue weighted by atomic mass is 14.5. The van der Waals surface area contributed by atoms with E-state index in [1.165, 1.54) is 36.0 Å². The Balaban J connectivity index is 0.000000457. The summed E-state index contributed by atoms with van der Waals surface area (Å²) in [5, 5.41) is 9.11. The lowest BCUT2D eigenvalue weighted by Crippen LogP contribution is -2.03. The van der Waals surface area contributed by atoms with Crippen molar-refractivity contribution < 1.29 is 0 Å². The highest BCUT2D eigenvalue weighted by Gasteiger charge is 2.45. The number of hydrogen-bond acceptors (Lipinski definition) is 1. The number of fused-ring (bicyclic) bond motifs is 1. The molecule has 0 unspecified atom stereocenters. The minimum atomic E-state index is -0.0996. The smallest absolute Gasteiger partial charge is 0.0823 e. The van der Waals surface area contributed by atoms with Crippen molar-refractivity contribution in [3.05, 3.63) is 34.9 Å². The van der Waals surface area contributed by atoms with Gasteiger partial charge in [-0.3, -0.25) is 0 Å². The fourth-order valence-electron chi connectivity index (χ4n) is 2.46. The van der Waals surface area contributed by atoms with Crippen LogP contribution in [0.2, 0.25) is 0 Å². The molecule has 1 fully saturated rings. The summed E-state index contributed by atoms with van der Waals surface area (Å²) in [6, 6.07) is 9.13. The molecule has 0 saturated heterocycles. The molecule has 0 radical (unpaired) electrons. The molecule has 1 aromatic carbocycles. The van der Waals surface area contributed by atoms with Gasteiger partial charge in [0, 0.05) is 0 Å². The maximum atomic E-state index is 9.11. The Morgan fingerprint density at radius 3 is 2.44 bits per heavy atom. The van der Waals surface area contributed by atoms with E-state index in [0.29, 0.717) is 0 Å². The van der Waals surface area contributed by atoms with Gasteiger partial charge in [0.2, 0.25) is 0 Å². The third kappa shape index (κ3) is 1.73. The van der Waals surface area contributed by atoms with Crippen LogP contribution in [-0.4, -0.2) is 0 Å². The van der Waals surface area contributed by atoms with Gasteiger partial charge >= 0.3 is 0 Å². The Bertz CT molecular complexity index is 422. The number of hydrogen-bond donors (Lipinski definition) is 0. The molecule has 3 rings (SSSR count). The maximum Gasteiger partial charge on any atom is 0.0823 e. The highest BCUT2D eigenvalue weighted by Crippen LogP contribution is 2.48. The molecule has 1 saturated carbocycles. The molecule has 84 valence electrons. The Morgan fingerprint density at radius 1 is 1.12 bits per heavy atom. The van der Waals surface area contributed by atoms with Gasteiger partial charge in [-0.05, 0) is 48.8 Å². The fourth-order valence-corrected chi connectivity index (χ4v) is 2.46. The Hall–Kier alpha value is -1.29. The molecular weight excluding hydrogens is 194 g/mol. The van der Waals surface area contributed by atoms with E-state index in [0.717, 1.165) is 12.8 Å². The summed E-state index contributed by atoms with van der Waals surface area (Å²) in [4.78, 5) is 0. The number of aryl methyl sites for hydroxylation is 2. The molecular formula is C15H19N. The fraction of sp³-hybridized carbons (Fsp3) is 0.533. The number of rotatable bonds is 1. The average Bonchev–Trinajstić information content (AvgIpc) is 3.02. The third-order valence-electron chi connectivity index (χ3n) is 3.62. The summed E-state index contributed by atoms with van der Waals surface area (Å²) in [7, 11) is 0. The quantitative estimate of drug-likeness (QED) is 0.697. The number of nitriles is 1. The average molecular weight is 213 g/mol. The van der Waals surface area contributed by atoms with Crippen molar-refractivity contribution in [2.75, 3.05) is 0 Å². The first-order valence-corrected chi connectivity index (χ1v) is 6.38. The zero-order valence-electron chi connectivity index (χ0n) is 10.2. The van der Waals surface area contributed by atoms with Crippen LogP contribution in [0, 0.1) is 11.3 Å². The Labute approximate surface area is 98.1 Å². The standard InChI is InChI=1S/C13H13N.C2H6/c14-9-13(6-7-13)12-5-4-10-2-1-3-11(10)8-12;1-2/h4-5,8H,1-3,6-7H2;1-2H3. The SMILES string of the molecule is CC.N#CC1(c2ccc3c(c2)CCC3)CC1. The second-order valence-electron chi connectivity index (χ2n) is 4.53. The van der Waals surface area contributed by atoms with E-state index in [9.17, 15) is 0 Å². The second kappa shape index (κ2) is 4.29. The monoisotopic (exact) mass is 213 g/mol. The van der Waals surface area contributed by atoms with Crippen molar-refractivity contribution in [3.63, 3.8) is 0 Å². The zero-order valence-corrected chi connectivity index (χ0v) is 10.2. The lowest BCUT2D eigenvalue weighted by atomic mass is 9.94. The Kier molecular flexibility index (Phi) is 3.01. The van der Waals surface area contributed by atoms with Crippen molar-refractivity contribution in [2.24, 2.45) is 0 Å². The van der Waals surface area contributed by atoms with Gasteiger partial charge in [0.15, 0.2) is 0 Å². The summed E-state index contributed by atoms with van der Waals surface area (Å²) >= 11 is 0. The van der Waals surface area contributed by atoms with E-state index in [-0.39, 0.29) is 5.41 Å². The third-order valence-corrected chi connectivity index (χ3v) is 3.62. The number of benzene rings is 1. The van der Waals surface area contributed by atoms with E-state index in [2.05, 4.69) is 24.3 Å². The molecule has 1 heteroatoms. The van der Waals surface area contributed by atoms with Gasteiger partial charge in [0.1, 0.15) is 0 Å². The van der Waals surface area contributed by atoms with E-state index < -0.39 is 0 Å². The maximum absolute atomic E-state index is 9.11. The van der Waals surface area contributed by atoms with Gasteiger partial charge in [0.05, 0.1) is 11.5 Å². The van der Waals surface area contributed by atoms with Crippen molar-refractivity contribution in [1.82, 2.24) is 0 Å². The van der Waals surface area contributed by atoms with Gasteiger partial charge < -0.3 is 0 Å². The molecule has 0 heterocycles. The topological polar surface area (TPSA) is 23.8 Å². The Morgan fingerprint density at radius 2 is 1.81 bits per heavy atom. The van der Waals surface area contributed by atoms with Gasteiger partial charge in [-0.1, -0.05) is 32.0 Å². The van der Waals surface area contributed by atoms with Gasteiger partial charge in [-0.15, -0.1) is 0 Å². The molecule has 0 atom stereocenters. The molecule has 1 nitrogen and oxygen atoms in total. The zero-order chi connectivity index (χ0) is 11.6. The first-order valence-electron chi connectivity index (χ1n) is 6.38. The molecule has 0 aromatic heterocycles. The highest BCUT2D eigenvalue weighted by molar-refractivity contribution is 5.44. The van der Waals surface area contributed by atoms with E-state index in [4.69, 9.17) is 5.26 Å². The van der Waals surface area contributed by atoms with E-state index >= 15 is 0 Å². The lowest BCUT2D eigenvalue weighted by molar-refractivity contribution is 0.898. The van der Waals surface area contributed by atoms with E-state index in [1.54, 1.807) is 0 Å². The van der Waals surface area contributed by atoms with Gasteiger partial charge in [-0.2, -0.15) is 5.26 Å². The van der Waals surface area contributed by atoms with Crippen LogP contribution in [0.3, 0.4) is 0 Å². The molecule has 0 N–H and O–H groups in total. The van der Waals surface area contributed by atoms with Crippen LogP contribution in [0.5, 0.6) is 0 Å². The summed E-state index contributed by atoms with van der Waals surface area (Å²) in [5.41, 5.74) is 4.16. The van der Waals surface area contributed by atoms with Crippen molar-refractivity contribution in [1.29, 1.82) is 5.26 Å². The summed E-state index contributed by atoms with van der Waals surface area (Å²) in [5.74, 6) is 0. The lowest BCUT2D eigenvalue weighted by Gasteiger charge is -2.08. The first-order chi connectivity index (χ1) is 7.84. The number of nitrogens with zero attached hydrogens (tertiary/aromatic N) is 1. The minimum Gasteiger partial charge on any atom is -0.197 e. The molecule has 0 aliphatic heterocycles. The normalized spacial score (nSPS) is 19.1. The van der Waals surface area contributed by atoms with Gasteiger partial charge in [-0.25, -0.2) is 0 Å². The van der Waals surface area contributed by atoms with Crippen LogP contribution in [0.1, 0.15) is 49.8 Å². The van der Waals surface area contributed by atoms with Crippen LogP contribution in [0.25, 0.3) is 0 Å². The molecule has 0 amide bonds. The second-order valence-corrected chi connectivity index (χ2v) is 4.53. The van der Waals surface area contributed by atoms with Crippen LogP contribution < -0.4 is 0 Å². The summed E-state index contributed by atoms with van der Waals surface area (Å²) < 4.78 is 0. The molecule has 0 bridgehead atoms. The molecule has 2 aliphatic carbocycles. The summed E-state index contributed by atoms with van der Waals surface area (Å²) in [6.45, 7) is 4.00. The first kappa shape index (κ1) is 11.2. The predicted molar refractivity (Wildman–Crippen MR) is 66.3 cm³/mol. The molecule has 2 aliphatic rings. The van der Waals surface area contributed by atoms with E-state index in [1.807, 2.05) is 13.8 Å². The van der Waals surface area contributed by atoms with Crippen LogP contribution in [0.4, 0.5) is 0 Å². The van der Waals surface area contributed by atoms with Crippen LogP contribution in [0.15, 0.2) is 18.2 Å². The van der Waals surface area contributed by atoms with Crippen molar-refractivity contribution >= 4 is 0 Å². The summed E-state index contributed by atoms with van der Waals surface area (Å²) in [6.07, 6.45) is 5.85.